The van der Waals surface area contributed by atoms with E-state index in [0.29, 0.717) is 5.88 Å². The molecule has 0 fully saturated rings. The molecule has 3 heteroatoms. The molecule has 0 saturated carbocycles. The van der Waals surface area contributed by atoms with Gasteiger partial charge in [-0.15, -0.1) is 0 Å². The van der Waals surface area contributed by atoms with Crippen molar-refractivity contribution in [3.05, 3.63) is 23.4 Å². The van der Waals surface area contributed by atoms with Crippen molar-refractivity contribution in [2.24, 2.45) is 0 Å². The van der Waals surface area contributed by atoms with Gasteiger partial charge in [0.2, 0.25) is 5.88 Å². The van der Waals surface area contributed by atoms with Crippen molar-refractivity contribution in [3.63, 3.8) is 0 Å². The van der Waals surface area contributed by atoms with Gasteiger partial charge in [-0.3, -0.25) is 0 Å². The third-order valence-corrected chi connectivity index (χ3v) is 2.32. The highest BCUT2D eigenvalue weighted by atomic mass is 16.5. The fourth-order valence-electron chi connectivity index (χ4n) is 1.22. The minimum absolute atomic E-state index is 0.111. The van der Waals surface area contributed by atoms with E-state index >= 15 is 0 Å². The van der Waals surface area contributed by atoms with Gasteiger partial charge < -0.3 is 9.84 Å². The second-order valence-electron chi connectivity index (χ2n) is 4.08. The van der Waals surface area contributed by atoms with E-state index in [2.05, 4.69) is 4.98 Å². The Morgan fingerprint density at radius 2 is 2.07 bits per heavy atom. The lowest BCUT2D eigenvalue weighted by atomic mass is 9.86. The van der Waals surface area contributed by atoms with Crippen molar-refractivity contribution < 1.29 is 9.84 Å². The Morgan fingerprint density at radius 1 is 1.43 bits per heavy atom. The van der Waals surface area contributed by atoms with Crippen LogP contribution in [0.1, 0.15) is 25.1 Å². The molecule has 1 N–H and O–H groups in total. The number of nitrogens with zero attached hydrogens (tertiary/aromatic N) is 1. The lowest BCUT2D eigenvalue weighted by Crippen LogP contribution is -2.22. The van der Waals surface area contributed by atoms with Gasteiger partial charge in [-0.1, -0.05) is 13.8 Å². The monoisotopic (exact) mass is 195 g/mol. The largest absolute Gasteiger partial charge is 0.481 e. The van der Waals surface area contributed by atoms with Crippen molar-refractivity contribution in [1.82, 2.24) is 4.98 Å². The average molecular weight is 195 g/mol. The highest BCUT2D eigenvalue weighted by Gasteiger charge is 2.20. The fourth-order valence-corrected chi connectivity index (χ4v) is 1.22. The molecule has 3 nitrogen and oxygen atoms in total. The minimum Gasteiger partial charge on any atom is -0.481 e. The summed E-state index contributed by atoms with van der Waals surface area (Å²) in [7, 11) is 1.59. The van der Waals surface area contributed by atoms with Gasteiger partial charge >= 0.3 is 0 Å². The highest BCUT2D eigenvalue weighted by molar-refractivity contribution is 5.30. The number of methoxy groups -OCH3 is 1. The smallest absolute Gasteiger partial charge is 0.213 e. The minimum atomic E-state index is -0.249. The number of rotatable bonds is 3. The highest BCUT2D eigenvalue weighted by Crippen LogP contribution is 2.25. The van der Waals surface area contributed by atoms with Crippen LogP contribution in [0.5, 0.6) is 5.88 Å². The van der Waals surface area contributed by atoms with Gasteiger partial charge in [-0.25, -0.2) is 4.98 Å². The molecule has 1 heterocycles. The van der Waals surface area contributed by atoms with Crippen LogP contribution in [0.15, 0.2) is 12.1 Å². The first-order valence-corrected chi connectivity index (χ1v) is 4.63. The molecule has 1 aromatic heterocycles. The summed E-state index contributed by atoms with van der Waals surface area (Å²) < 4.78 is 5.08. The molecule has 0 saturated heterocycles. The zero-order valence-corrected chi connectivity index (χ0v) is 9.16. The number of aliphatic hydroxyl groups is 1. The summed E-state index contributed by atoms with van der Waals surface area (Å²) in [6, 6.07) is 3.84. The van der Waals surface area contributed by atoms with E-state index in [-0.39, 0.29) is 12.0 Å². The van der Waals surface area contributed by atoms with Gasteiger partial charge in [0.15, 0.2) is 0 Å². The maximum Gasteiger partial charge on any atom is 0.213 e. The Balaban J connectivity index is 3.15. The van der Waals surface area contributed by atoms with Crippen LogP contribution in [0.2, 0.25) is 0 Å². The molecule has 0 radical (unpaired) electrons. The average Bonchev–Trinajstić information content (AvgIpc) is 2.16. The van der Waals surface area contributed by atoms with Gasteiger partial charge in [0.05, 0.1) is 13.7 Å². The number of aromatic nitrogens is 1. The molecular weight excluding hydrogens is 178 g/mol. The Bertz CT molecular complexity index is 321. The molecule has 0 spiro atoms. The van der Waals surface area contributed by atoms with Crippen LogP contribution < -0.4 is 4.74 Å². The summed E-state index contributed by atoms with van der Waals surface area (Å²) in [5, 5.41) is 9.24. The molecule has 0 bridgehead atoms. The van der Waals surface area contributed by atoms with Crippen LogP contribution in [0.4, 0.5) is 0 Å². The summed E-state index contributed by atoms with van der Waals surface area (Å²) >= 11 is 0. The molecule has 78 valence electrons. The second-order valence-corrected chi connectivity index (χ2v) is 4.08. The maximum atomic E-state index is 9.24. The molecule has 0 amide bonds. The summed E-state index contributed by atoms with van der Waals surface area (Å²) in [5.41, 5.74) is 1.70. The molecule has 0 atom stereocenters. The van der Waals surface area contributed by atoms with E-state index in [0.717, 1.165) is 11.3 Å². The Hall–Kier alpha value is -1.09. The van der Waals surface area contributed by atoms with Crippen LogP contribution >= 0.6 is 0 Å². The predicted octanol–water partition coefficient (Wildman–Crippen LogP) is 1.67. The van der Waals surface area contributed by atoms with Gasteiger partial charge in [0.25, 0.3) is 0 Å². The Morgan fingerprint density at radius 3 is 2.57 bits per heavy atom. The first kappa shape index (κ1) is 11.0. The molecule has 0 unspecified atom stereocenters. The van der Waals surface area contributed by atoms with Crippen molar-refractivity contribution in [2.75, 3.05) is 13.7 Å². The van der Waals surface area contributed by atoms with Crippen molar-refractivity contribution >= 4 is 0 Å². The third-order valence-electron chi connectivity index (χ3n) is 2.32. The Labute approximate surface area is 84.7 Å². The number of hydrogen-bond donors (Lipinski definition) is 1. The number of pyridine rings is 1. The van der Waals surface area contributed by atoms with Crippen LogP contribution in [-0.2, 0) is 5.41 Å². The number of ether oxygens (including phenoxy) is 1. The molecule has 0 aliphatic rings. The van der Waals surface area contributed by atoms with Gasteiger partial charge in [0, 0.05) is 17.2 Å². The lowest BCUT2D eigenvalue weighted by Gasteiger charge is -2.22. The number of hydrogen-bond acceptors (Lipinski definition) is 3. The van der Waals surface area contributed by atoms with Crippen molar-refractivity contribution in [2.45, 2.75) is 26.2 Å². The summed E-state index contributed by atoms with van der Waals surface area (Å²) in [4.78, 5) is 4.20. The van der Waals surface area contributed by atoms with Crippen LogP contribution in [0, 0.1) is 6.92 Å². The zero-order valence-electron chi connectivity index (χ0n) is 9.16. The molecule has 0 aliphatic carbocycles. The molecule has 0 aromatic carbocycles. The van der Waals surface area contributed by atoms with Crippen molar-refractivity contribution in [3.8, 4) is 5.88 Å². The van der Waals surface area contributed by atoms with Gasteiger partial charge in [-0.2, -0.15) is 0 Å². The SMILES string of the molecule is COc1cc(C(C)(C)CO)cc(C)n1. The summed E-state index contributed by atoms with van der Waals surface area (Å²) in [6.45, 7) is 6.00. The third kappa shape index (κ3) is 2.23. The standard InChI is InChI=1S/C11H17NO2/c1-8-5-9(11(2,3)7-13)6-10(12-8)14-4/h5-6,13H,7H2,1-4H3. The normalized spacial score (nSPS) is 11.5. The van der Waals surface area contributed by atoms with E-state index in [9.17, 15) is 5.11 Å². The van der Waals surface area contributed by atoms with Gasteiger partial charge in [0.1, 0.15) is 0 Å². The van der Waals surface area contributed by atoms with E-state index in [1.165, 1.54) is 0 Å². The quantitative estimate of drug-likeness (QED) is 0.797. The summed E-state index contributed by atoms with van der Waals surface area (Å²) in [6.07, 6.45) is 0. The summed E-state index contributed by atoms with van der Waals surface area (Å²) in [5.74, 6) is 0.599. The molecule has 1 rings (SSSR count). The molecule has 1 aromatic rings. The first-order valence-electron chi connectivity index (χ1n) is 4.63. The fraction of sp³-hybridized carbons (Fsp3) is 0.545. The van der Waals surface area contributed by atoms with Crippen LogP contribution in [0.25, 0.3) is 0 Å². The molecular formula is C11H17NO2. The van der Waals surface area contributed by atoms with Crippen molar-refractivity contribution in [1.29, 1.82) is 0 Å². The van der Waals surface area contributed by atoms with E-state index in [4.69, 9.17) is 4.74 Å². The van der Waals surface area contributed by atoms with E-state index < -0.39 is 0 Å². The molecule has 0 aliphatic heterocycles. The number of aryl methyl sites for hydroxylation is 1. The van der Waals surface area contributed by atoms with Gasteiger partial charge in [-0.05, 0) is 18.6 Å². The predicted molar refractivity (Wildman–Crippen MR) is 55.6 cm³/mol. The first-order chi connectivity index (χ1) is 6.49. The van der Waals surface area contributed by atoms with Crippen LogP contribution in [0.3, 0.4) is 0 Å². The second kappa shape index (κ2) is 3.96. The topological polar surface area (TPSA) is 42.4 Å². The lowest BCUT2D eigenvalue weighted by molar-refractivity contribution is 0.218. The van der Waals surface area contributed by atoms with Crippen LogP contribution in [-0.4, -0.2) is 23.8 Å². The zero-order chi connectivity index (χ0) is 10.8. The number of aliphatic hydroxyl groups excluding tert-OH is 1. The Kier molecular flexibility index (Phi) is 3.11. The molecule has 14 heavy (non-hydrogen) atoms. The maximum absolute atomic E-state index is 9.24. The van der Waals surface area contributed by atoms with E-state index in [1.807, 2.05) is 32.9 Å². The van der Waals surface area contributed by atoms with E-state index in [1.54, 1.807) is 7.11 Å².